The van der Waals surface area contributed by atoms with Crippen LogP contribution in [-0.4, -0.2) is 36.3 Å². The van der Waals surface area contributed by atoms with Gasteiger partial charge in [-0.15, -0.1) is 0 Å². The van der Waals surface area contributed by atoms with Crippen LogP contribution in [0, 0.1) is 11.8 Å². The molecule has 0 radical (unpaired) electrons. The molecule has 0 bridgehead atoms. The normalized spacial score (nSPS) is 20.6. The van der Waals surface area contributed by atoms with Crippen molar-refractivity contribution in [1.82, 2.24) is 10.2 Å². The lowest BCUT2D eigenvalue weighted by Crippen LogP contribution is -2.40. The lowest BCUT2D eigenvalue weighted by atomic mass is 9.91. The second-order valence-electron chi connectivity index (χ2n) is 7.98. The molecule has 2 aromatic carbocycles. The van der Waals surface area contributed by atoms with Gasteiger partial charge in [-0.3, -0.25) is 9.59 Å². The Kier molecular flexibility index (Phi) is 5.75. The van der Waals surface area contributed by atoms with Gasteiger partial charge in [0.1, 0.15) is 0 Å². The third-order valence-corrected chi connectivity index (χ3v) is 6.08. The van der Waals surface area contributed by atoms with E-state index in [9.17, 15) is 9.59 Å². The van der Waals surface area contributed by atoms with E-state index in [2.05, 4.69) is 29.6 Å². The van der Waals surface area contributed by atoms with Gasteiger partial charge in [-0.25, -0.2) is 0 Å². The molecular formula is C24H28N2O2. The van der Waals surface area contributed by atoms with E-state index in [1.807, 2.05) is 35.2 Å². The smallest absolute Gasteiger partial charge is 0.225 e. The van der Waals surface area contributed by atoms with Crippen molar-refractivity contribution in [3.05, 3.63) is 60.2 Å². The van der Waals surface area contributed by atoms with Crippen LogP contribution in [0.25, 0.3) is 11.1 Å². The largest absolute Gasteiger partial charge is 0.354 e. The summed E-state index contributed by atoms with van der Waals surface area (Å²) in [7, 11) is 0. The Morgan fingerprint density at radius 1 is 1.00 bits per heavy atom. The number of benzene rings is 2. The topological polar surface area (TPSA) is 49.4 Å². The predicted octanol–water partition coefficient (Wildman–Crippen LogP) is 3.66. The van der Waals surface area contributed by atoms with Crippen LogP contribution in [0.5, 0.6) is 0 Å². The number of carbonyl (C=O) groups excluding carboxylic acids is 2. The van der Waals surface area contributed by atoms with Gasteiger partial charge in [-0.1, -0.05) is 67.4 Å². The molecule has 28 heavy (non-hydrogen) atoms. The van der Waals surface area contributed by atoms with E-state index in [0.29, 0.717) is 26.1 Å². The van der Waals surface area contributed by atoms with Gasteiger partial charge >= 0.3 is 0 Å². The molecule has 1 saturated carbocycles. The summed E-state index contributed by atoms with van der Waals surface area (Å²) in [4.78, 5) is 27.6. The Morgan fingerprint density at radius 2 is 1.71 bits per heavy atom. The van der Waals surface area contributed by atoms with Crippen LogP contribution in [0.4, 0.5) is 0 Å². The van der Waals surface area contributed by atoms with Gasteiger partial charge in [0.25, 0.3) is 0 Å². The van der Waals surface area contributed by atoms with Crippen molar-refractivity contribution in [2.75, 3.05) is 19.6 Å². The van der Waals surface area contributed by atoms with Gasteiger partial charge in [-0.05, 0) is 36.0 Å². The van der Waals surface area contributed by atoms with Crippen molar-refractivity contribution < 1.29 is 9.59 Å². The number of hydrogen-bond donors (Lipinski definition) is 1. The summed E-state index contributed by atoms with van der Waals surface area (Å²) >= 11 is 0. The highest BCUT2D eigenvalue weighted by atomic mass is 16.2. The van der Waals surface area contributed by atoms with Crippen LogP contribution >= 0.6 is 0 Å². The fourth-order valence-electron chi connectivity index (χ4n) is 4.55. The summed E-state index contributed by atoms with van der Waals surface area (Å²) in [5.41, 5.74) is 3.48. The minimum atomic E-state index is -0.210. The number of nitrogens with zero attached hydrogens (tertiary/aromatic N) is 1. The molecule has 0 spiro atoms. The van der Waals surface area contributed by atoms with Crippen molar-refractivity contribution in [3.8, 4) is 11.1 Å². The molecule has 1 saturated heterocycles. The lowest BCUT2D eigenvalue weighted by molar-refractivity contribution is -0.136. The van der Waals surface area contributed by atoms with E-state index in [0.717, 1.165) is 42.4 Å². The number of hydrogen-bond acceptors (Lipinski definition) is 2. The fourth-order valence-corrected chi connectivity index (χ4v) is 4.55. The maximum Gasteiger partial charge on any atom is 0.225 e. The first kappa shape index (κ1) is 18.7. The molecule has 2 fully saturated rings. The zero-order valence-electron chi connectivity index (χ0n) is 16.3. The van der Waals surface area contributed by atoms with Crippen molar-refractivity contribution >= 4 is 11.8 Å². The van der Waals surface area contributed by atoms with Gasteiger partial charge in [0.15, 0.2) is 0 Å². The molecule has 2 aliphatic rings. The fraction of sp³-hybridized carbons (Fsp3) is 0.417. The summed E-state index contributed by atoms with van der Waals surface area (Å²) in [6.07, 6.45) is 4.94. The second kappa shape index (κ2) is 8.59. The Hall–Kier alpha value is -2.62. The standard InChI is InChI=1S/C24H28N2O2/c27-23-21(17-26(15-14-25-23)24(28)19-10-4-5-11-19)16-20-12-6-7-13-22(20)18-8-2-1-3-9-18/h1-3,6-9,12-13,19,21H,4-5,10-11,14-17H2,(H,25,27). The number of rotatable bonds is 4. The third kappa shape index (κ3) is 4.11. The van der Waals surface area contributed by atoms with Crippen molar-refractivity contribution in [2.24, 2.45) is 11.8 Å². The van der Waals surface area contributed by atoms with Gasteiger partial charge in [0.05, 0.1) is 5.92 Å². The first-order valence-corrected chi connectivity index (χ1v) is 10.4. The number of carbonyl (C=O) groups is 2. The first-order valence-electron chi connectivity index (χ1n) is 10.4. The summed E-state index contributed by atoms with van der Waals surface area (Å²) in [6.45, 7) is 1.69. The quantitative estimate of drug-likeness (QED) is 0.885. The summed E-state index contributed by atoms with van der Waals surface area (Å²) < 4.78 is 0. The maximum atomic E-state index is 12.9. The van der Waals surface area contributed by atoms with Gasteiger partial charge in [-0.2, -0.15) is 0 Å². The highest BCUT2D eigenvalue weighted by Gasteiger charge is 2.32. The average molecular weight is 376 g/mol. The predicted molar refractivity (Wildman–Crippen MR) is 111 cm³/mol. The third-order valence-electron chi connectivity index (χ3n) is 6.08. The minimum Gasteiger partial charge on any atom is -0.354 e. The summed E-state index contributed by atoms with van der Waals surface area (Å²) in [5, 5.41) is 3.02. The van der Waals surface area contributed by atoms with Crippen LogP contribution < -0.4 is 5.32 Å². The van der Waals surface area contributed by atoms with E-state index in [1.165, 1.54) is 0 Å². The SMILES string of the molecule is O=C1NCCN(C(=O)C2CCCC2)CC1Cc1ccccc1-c1ccccc1. The van der Waals surface area contributed by atoms with Crippen LogP contribution in [0.3, 0.4) is 0 Å². The van der Waals surface area contributed by atoms with Crippen LogP contribution in [0.15, 0.2) is 54.6 Å². The van der Waals surface area contributed by atoms with E-state index in [1.54, 1.807) is 0 Å². The maximum absolute atomic E-state index is 12.9. The zero-order chi connectivity index (χ0) is 19.3. The molecule has 146 valence electrons. The molecule has 1 aliphatic carbocycles. The molecule has 1 aliphatic heterocycles. The van der Waals surface area contributed by atoms with Gasteiger partial charge in [0, 0.05) is 25.6 Å². The molecule has 4 nitrogen and oxygen atoms in total. The lowest BCUT2D eigenvalue weighted by Gasteiger charge is -2.26. The Labute approximate surface area is 166 Å². The molecule has 1 unspecified atom stereocenters. The average Bonchev–Trinajstić information content (AvgIpc) is 3.21. The second-order valence-corrected chi connectivity index (χ2v) is 7.98. The van der Waals surface area contributed by atoms with Crippen molar-refractivity contribution in [1.29, 1.82) is 0 Å². The van der Waals surface area contributed by atoms with Crippen molar-refractivity contribution in [3.63, 3.8) is 0 Å². The van der Waals surface area contributed by atoms with E-state index in [-0.39, 0.29) is 23.7 Å². The Bertz CT molecular complexity index is 828. The molecule has 2 amide bonds. The Balaban J connectivity index is 1.54. The van der Waals surface area contributed by atoms with Crippen LogP contribution in [-0.2, 0) is 16.0 Å². The van der Waals surface area contributed by atoms with Crippen molar-refractivity contribution in [2.45, 2.75) is 32.1 Å². The monoisotopic (exact) mass is 376 g/mol. The highest BCUT2D eigenvalue weighted by Crippen LogP contribution is 2.29. The molecule has 1 heterocycles. The first-order chi connectivity index (χ1) is 13.7. The van der Waals surface area contributed by atoms with Crippen LogP contribution in [0.2, 0.25) is 0 Å². The van der Waals surface area contributed by atoms with Gasteiger partial charge < -0.3 is 10.2 Å². The number of amides is 2. The minimum absolute atomic E-state index is 0.0598. The van der Waals surface area contributed by atoms with Crippen LogP contribution in [0.1, 0.15) is 31.2 Å². The molecule has 4 heteroatoms. The molecule has 2 aromatic rings. The molecule has 1 N–H and O–H groups in total. The van der Waals surface area contributed by atoms with E-state index < -0.39 is 0 Å². The zero-order valence-corrected chi connectivity index (χ0v) is 16.3. The molecule has 4 rings (SSSR count). The summed E-state index contributed by atoms with van der Waals surface area (Å²) in [5.74, 6) is 0.253. The van der Waals surface area contributed by atoms with E-state index >= 15 is 0 Å². The molecule has 1 atom stereocenters. The Morgan fingerprint density at radius 3 is 2.50 bits per heavy atom. The molecular weight excluding hydrogens is 348 g/mol. The summed E-state index contributed by atoms with van der Waals surface area (Å²) in [6, 6.07) is 18.6. The number of nitrogens with one attached hydrogen (secondary N) is 1. The molecule has 0 aromatic heterocycles. The van der Waals surface area contributed by atoms with E-state index in [4.69, 9.17) is 0 Å². The van der Waals surface area contributed by atoms with Gasteiger partial charge in [0.2, 0.25) is 11.8 Å². The highest BCUT2D eigenvalue weighted by molar-refractivity contribution is 5.83.